The number of nitro benzene ring substituents is 1. The van der Waals surface area contributed by atoms with E-state index in [1.807, 2.05) is 0 Å². The first-order chi connectivity index (χ1) is 10.9. The molecule has 0 aromatic heterocycles. The summed E-state index contributed by atoms with van der Waals surface area (Å²) in [7, 11) is 0. The first-order valence-electron chi connectivity index (χ1n) is 6.18. The smallest absolute Gasteiger partial charge is 0.306 e. The van der Waals surface area contributed by atoms with Crippen LogP contribution in [-0.4, -0.2) is 17.4 Å². The Kier molecular flexibility index (Phi) is 5.22. The van der Waals surface area contributed by atoms with Crippen molar-refractivity contribution in [1.29, 1.82) is 0 Å². The number of carbonyl (C=O) groups is 1. The van der Waals surface area contributed by atoms with Crippen LogP contribution in [0.25, 0.3) is 0 Å². The topological polar surface area (TPSA) is 81.5 Å². The highest BCUT2D eigenvalue weighted by atomic mass is 79.9. The van der Waals surface area contributed by atoms with E-state index < -0.39 is 34.8 Å². The van der Waals surface area contributed by atoms with Gasteiger partial charge in [0.25, 0.3) is 5.91 Å². The van der Waals surface area contributed by atoms with Crippen LogP contribution in [0.1, 0.15) is 0 Å². The number of halogens is 3. The molecule has 0 aliphatic carbocycles. The van der Waals surface area contributed by atoms with Crippen LogP contribution in [0.5, 0.6) is 5.75 Å². The van der Waals surface area contributed by atoms with Gasteiger partial charge in [-0.05, 0) is 30.3 Å². The lowest BCUT2D eigenvalue weighted by molar-refractivity contribution is -0.387. The van der Waals surface area contributed by atoms with Crippen molar-refractivity contribution in [3.63, 3.8) is 0 Å². The lowest BCUT2D eigenvalue weighted by atomic mass is 10.2. The predicted octanol–water partition coefficient (Wildman–Crippen LogP) is 3.65. The molecule has 0 spiro atoms. The monoisotopic (exact) mass is 386 g/mol. The summed E-state index contributed by atoms with van der Waals surface area (Å²) in [5.41, 5.74) is -0.731. The third kappa shape index (κ3) is 4.46. The number of benzene rings is 2. The summed E-state index contributed by atoms with van der Waals surface area (Å²) in [6, 6.07) is 6.97. The van der Waals surface area contributed by atoms with E-state index in [0.717, 1.165) is 12.1 Å². The zero-order valence-electron chi connectivity index (χ0n) is 11.4. The number of nitro groups is 1. The fraction of sp³-hybridized carbons (Fsp3) is 0.0714. The van der Waals surface area contributed by atoms with E-state index in [-0.39, 0.29) is 11.4 Å². The average molecular weight is 387 g/mol. The minimum atomic E-state index is -1.01. The first kappa shape index (κ1) is 16.8. The molecule has 2 rings (SSSR count). The number of anilines is 1. The number of nitrogens with one attached hydrogen (secondary N) is 1. The molecule has 0 saturated heterocycles. The summed E-state index contributed by atoms with van der Waals surface area (Å²) in [5.74, 6) is -2.45. The number of amides is 1. The molecule has 0 heterocycles. The van der Waals surface area contributed by atoms with E-state index in [1.54, 1.807) is 6.07 Å². The van der Waals surface area contributed by atoms with Gasteiger partial charge in [-0.15, -0.1) is 0 Å². The van der Waals surface area contributed by atoms with Crippen LogP contribution in [-0.2, 0) is 4.79 Å². The molecule has 120 valence electrons. The Hall–Kier alpha value is -2.55. The van der Waals surface area contributed by atoms with Gasteiger partial charge in [0, 0.05) is 16.2 Å². The molecule has 0 aliphatic rings. The van der Waals surface area contributed by atoms with Gasteiger partial charge >= 0.3 is 5.69 Å². The van der Waals surface area contributed by atoms with Gasteiger partial charge in [0.15, 0.2) is 18.2 Å². The van der Waals surface area contributed by atoms with Crippen LogP contribution < -0.4 is 10.1 Å². The largest absolute Gasteiger partial charge is 0.481 e. The van der Waals surface area contributed by atoms with E-state index >= 15 is 0 Å². The summed E-state index contributed by atoms with van der Waals surface area (Å²) in [6.07, 6.45) is 0. The molecule has 2 aromatic carbocycles. The second-order valence-electron chi connectivity index (χ2n) is 4.33. The van der Waals surface area contributed by atoms with Gasteiger partial charge in [-0.3, -0.25) is 14.9 Å². The molecule has 2 aromatic rings. The molecule has 0 unspecified atom stereocenters. The van der Waals surface area contributed by atoms with Crippen LogP contribution in [0.15, 0.2) is 40.9 Å². The van der Waals surface area contributed by atoms with E-state index in [4.69, 9.17) is 4.74 Å². The van der Waals surface area contributed by atoms with E-state index in [1.165, 1.54) is 18.2 Å². The highest BCUT2D eigenvalue weighted by molar-refractivity contribution is 9.10. The first-order valence-corrected chi connectivity index (χ1v) is 6.98. The Morgan fingerprint density at radius 1 is 1.22 bits per heavy atom. The molecule has 0 bridgehead atoms. The molecule has 23 heavy (non-hydrogen) atoms. The molecule has 0 aliphatic heterocycles. The Bertz CT molecular complexity index is 770. The van der Waals surface area contributed by atoms with Gasteiger partial charge in [0.2, 0.25) is 5.82 Å². The molecule has 0 radical (unpaired) electrons. The zero-order valence-corrected chi connectivity index (χ0v) is 13.0. The second-order valence-corrected chi connectivity index (χ2v) is 5.25. The Balaban J connectivity index is 2.00. The molecule has 9 heteroatoms. The summed E-state index contributed by atoms with van der Waals surface area (Å²) in [6.45, 7) is -0.510. The molecular weight excluding hydrogens is 378 g/mol. The maximum Gasteiger partial charge on any atom is 0.306 e. The maximum absolute atomic E-state index is 13.5. The molecule has 0 atom stereocenters. The number of hydrogen-bond donors (Lipinski definition) is 1. The predicted molar refractivity (Wildman–Crippen MR) is 81.3 cm³/mol. The van der Waals surface area contributed by atoms with Crippen molar-refractivity contribution in [1.82, 2.24) is 0 Å². The normalized spacial score (nSPS) is 10.2. The standard InChI is InChI=1S/C14H9BrF2N2O4/c15-8-1-4-13(11(17)5-8)23-7-14(20)18-9-2-3-10(16)12(6-9)19(21)22/h1-6H,7H2,(H,18,20). The SMILES string of the molecule is O=C(COc1ccc(Br)cc1F)Nc1ccc(F)c([N+](=O)[O-])c1. The van der Waals surface area contributed by atoms with Crippen LogP contribution in [0.4, 0.5) is 20.2 Å². The highest BCUT2D eigenvalue weighted by Crippen LogP contribution is 2.23. The Morgan fingerprint density at radius 2 is 1.96 bits per heavy atom. The van der Waals surface area contributed by atoms with Gasteiger partial charge < -0.3 is 10.1 Å². The maximum atomic E-state index is 13.5. The molecule has 1 amide bonds. The lowest BCUT2D eigenvalue weighted by Crippen LogP contribution is -2.20. The van der Waals surface area contributed by atoms with Gasteiger partial charge in [-0.2, -0.15) is 4.39 Å². The van der Waals surface area contributed by atoms with Gasteiger partial charge in [0.1, 0.15) is 0 Å². The zero-order chi connectivity index (χ0) is 17.0. The van der Waals surface area contributed by atoms with Gasteiger partial charge in [-0.25, -0.2) is 4.39 Å². The summed E-state index contributed by atoms with van der Waals surface area (Å²) in [4.78, 5) is 21.4. The van der Waals surface area contributed by atoms with Crippen molar-refractivity contribution < 1.29 is 23.2 Å². The number of ether oxygens (including phenoxy) is 1. The Morgan fingerprint density at radius 3 is 2.61 bits per heavy atom. The fourth-order valence-corrected chi connectivity index (χ4v) is 2.00. The van der Waals surface area contributed by atoms with Crippen LogP contribution in [0.2, 0.25) is 0 Å². The van der Waals surface area contributed by atoms with Gasteiger partial charge in [0.05, 0.1) is 4.92 Å². The number of carbonyl (C=O) groups excluding carboxylic acids is 1. The third-order valence-electron chi connectivity index (χ3n) is 2.68. The number of rotatable bonds is 5. The number of hydrogen-bond acceptors (Lipinski definition) is 4. The van der Waals surface area contributed by atoms with Crippen LogP contribution >= 0.6 is 15.9 Å². The molecule has 0 fully saturated rings. The average Bonchev–Trinajstić information content (AvgIpc) is 2.48. The molecule has 0 saturated carbocycles. The Labute approximate surface area is 137 Å². The lowest BCUT2D eigenvalue weighted by Gasteiger charge is -2.08. The van der Waals surface area contributed by atoms with Crippen molar-refractivity contribution in [2.75, 3.05) is 11.9 Å². The van der Waals surface area contributed by atoms with Crippen LogP contribution in [0.3, 0.4) is 0 Å². The van der Waals surface area contributed by atoms with Crippen molar-refractivity contribution in [2.45, 2.75) is 0 Å². The molecular formula is C14H9BrF2N2O4. The van der Waals surface area contributed by atoms with E-state index in [0.29, 0.717) is 4.47 Å². The van der Waals surface area contributed by atoms with Gasteiger partial charge in [-0.1, -0.05) is 15.9 Å². The summed E-state index contributed by atoms with van der Waals surface area (Å²) >= 11 is 3.08. The summed E-state index contributed by atoms with van der Waals surface area (Å²) in [5, 5.41) is 12.9. The second kappa shape index (κ2) is 7.14. The minimum absolute atomic E-state index is 0.0305. The van der Waals surface area contributed by atoms with Crippen molar-refractivity contribution in [3.05, 3.63) is 62.6 Å². The highest BCUT2D eigenvalue weighted by Gasteiger charge is 2.15. The molecule has 1 N–H and O–H groups in total. The van der Waals surface area contributed by atoms with Crippen molar-refractivity contribution in [3.8, 4) is 5.75 Å². The molecule has 6 nitrogen and oxygen atoms in total. The van der Waals surface area contributed by atoms with Crippen molar-refractivity contribution in [2.24, 2.45) is 0 Å². The fourth-order valence-electron chi connectivity index (χ4n) is 1.66. The third-order valence-corrected chi connectivity index (χ3v) is 3.17. The summed E-state index contributed by atoms with van der Waals surface area (Å²) < 4.78 is 32.2. The van der Waals surface area contributed by atoms with E-state index in [9.17, 15) is 23.7 Å². The van der Waals surface area contributed by atoms with E-state index in [2.05, 4.69) is 21.2 Å². The number of nitrogens with zero attached hydrogens (tertiary/aromatic N) is 1. The van der Waals surface area contributed by atoms with Crippen LogP contribution in [0, 0.1) is 21.7 Å². The quantitative estimate of drug-likeness (QED) is 0.627. The van der Waals surface area contributed by atoms with Crippen molar-refractivity contribution >= 4 is 33.2 Å². The minimum Gasteiger partial charge on any atom is -0.481 e.